The van der Waals surface area contributed by atoms with Gasteiger partial charge in [-0.25, -0.2) is 13.4 Å². The highest BCUT2D eigenvalue weighted by atomic mass is 32.2. The minimum Gasteiger partial charge on any atom is -0.392 e. The van der Waals surface area contributed by atoms with E-state index in [0.29, 0.717) is 23.3 Å². The third kappa shape index (κ3) is 4.01. The van der Waals surface area contributed by atoms with Gasteiger partial charge in [0, 0.05) is 11.9 Å². The molecule has 0 bridgehead atoms. The molecule has 136 valence electrons. The summed E-state index contributed by atoms with van der Waals surface area (Å²) in [6.07, 6.45) is 0. The van der Waals surface area contributed by atoms with Gasteiger partial charge in [-0.15, -0.1) is 0 Å². The lowest BCUT2D eigenvalue weighted by atomic mass is 10.2. The second-order valence-electron chi connectivity index (χ2n) is 6.33. The fraction of sp³-hybridized carbons (Fsp3) is 0.211. The highest BCUT2D eigenvalue weighted by molar-refractivity contribution is 7.92. The molecule has 0 spiro atoms. The highest BCUT2D eigenvalue weighted by Crippen LogP contribution is 2.25. The van der Waals surface area contributed by atoms with Crippen molar-refractivity contribution in [2.24, 2.45) is 0 Å². The monoisotopic (exact) mass is 371 g/mol. The molecule has 3 aromatic rings. The number of aromatic nitrogens is 1. The van der Waals surface area contributed by atoms with Crippen LogP contribution in [0.2, 0.25) is 0 Å². The first-order chi connectivity index (χ1) is 12.4. The van der Waals surface area contributed by atoms with Gasteiger partial charge in [-0.05, 0) is 43.9 Å². The number of nitrogens with one attached hydrogen (secondary N) is 1. The molecule has 0 saturated carbocycles. The molecule has 0 amide bonds. The molecule has 7 heteroatoms. The van der Waals surface area contributed by atoms with Crippen molar-refractivity contribution in [3.63, 3.8) is 0 Å². The summed E-state index contributed by atoms with van der Waals surface area (Å²) in [5.74, 6) is 0. The van der Waals surface area contributed by atoms with E-state index in [-0.39, 0.29) is 11.5 Å². The standard InChI is InChI=1S/C19H21N3O3S/c1-22(2)12-16-9-8-15-4-3-5-18(19(15)20-16)21-26(24,25)17-10-6-14(13-23)7-11-17/h3-11,21,23H,12-13H2,1-2H3. The summed E-state index contributed by atoms with van der Waals surface area (Å²) in [5, 5.41) is 9.96. The van der Waals surface area contributed by atoms with Crippen molar-refractivity contribution in [1.29, 1.82) is 0 Å². The summed E-state index contributed by atoms with van der Waals surface area (Å²) in [5.41, 5.74) is 2.57. The fourth-order valence-electron chi connectivity index (χ4n) is 2.66. The average Bonchev–Trinajstić information content (AvgIpc) is 2.61. The van der Waals surface area contributed by atoms with E-state index in [4.69, 9.17) is 5.11 Å². The second kappa shape index (κ2) is 7.41. The summed E-state index contributed by atoms with van der Waals surface area (Å²) in [6, 6.07) is 15.4. The molecule has 1 heterocycles. The smallest absolute Gasteiger partial charge is 0.261 e. The minimum absolute atomic E-state index is 0.129. The number of aliphatic hydroxyl groups is 1. The molecule has 2 aromatic carbocycles. The summed E-state index contributed by atoms with van der Waals surface area (Å²) in [7, 11) is 0.162. The normalized spacial score (nSPS) is 11.8. The van der Waals surface area contributed by atoms with Crippen LogP contribution in [-0.2, 0) is 23.2 Å². The second-order valence-corrected chi connectivity index (χ2v) is 8.01. The fourth-order valence-corrected chi connectivity index (χ4v) is 3.73. The Morgan fingerprint density at radius 2 is 1.77 bits per heavy atom. The van der Waals surface area contributed by atoms with Gasteiger partial charge in [0.25, 0.3) is 10.0 Å². The number of rotatable bonds is 6. The summed E-state index contributed by atoms with van der Waals surface area (Å²) < 4.78 is 28.0. The lowest BCUT2D eigenvalue weighted by Gasteiger charge is -2.13. The van der Waals surface area contributed by atoms with E-state index in [1.54, 1.807) is 24.3 Å². The maximum atomic E-state index is 12.7. The Morgan fingerprint density at radius 1 is 1.04 bits per heavy atom. The summed E-state index contributed by atoms with van der Waals surface area (Å²) in [4.78, 5) is 6.76. The molecule has 0 unspecified atom stereocenters. The number of aliphatic hydroxyl groups excluding tert-OH is 1. The molecule has 0 saturated heterocycles. The third-order valence-corrected chi connectivity index (χ3v) is 5.30. The minimum atomic E-state index is -3.75. The van der Waals surface area contributed by atoms with E-state index in [0.717, 1.165) is 11.1 Å². The van der Waals surface area contributed by atoms with Gasteiger partial charge < -0.3 is 10.0 Å². The Balaban J connectivity index is 1.98. The van der Waals surface area contributed by atoms with Gasteiger partial charge in [0.05, 0.1) is 28.4 Å². The van der Waals surface area contributed by atoms with Crippen molar-refractivity contribution >= 4 is 26.6 Å². The first-order valence-electron chi connectivity index (χ1n) is 8.15. The summed E-state index contributed by atoms with van der Waals surface area (Å²) in [6.45, 7) is 0.537. The van der Waals surface area contributed by atoms with E-state index in [1.165, 1.54) is 12.1 Å². The molecule has 0 aliphatic rings. The van der Waals surface area contributed by atoms with E-state index in [2.05, 4.69) is 9.71 Å². The van der Waals surface area contributed by atoms with E-state index in [9.17, 15) is 8.42 Å². The molecular formula is C19H21N3O3S. The van der Waals surface area contributed by atoms with Crippen LogP contribution in [-0.4, -0.2) is 37.5 Å². The zero-order valence-electron chi connectivity index (χ0n) is 14.7. The van der Waals surface area contributed by atoms with Gasteiger partial charge >= 0.3 is 0 Å². The number of fused-ring (bicyclic) bond motifs is 1. The predicted octanol–water partition coefficient (Wildman–Crippen LogP) is 2.59. The van der Waals surface area contributed by atoms with Gasteiger partial charge in [0.15, 0.2) is 0 Å². The van der Waals surface area contributed by atoms with Crippen molar-refractivity contribution in [2.45, 2.75) is 18.0 Å². The quantitative estimate of drug-likeness (QED) is 0.696. The van der Waals surface area contributed by atoms with Gasteiger partial charge in [0.1, 0.15) is 0 Å². The maximum Gasteiger partial charge on any atom is 0.261 e. The lowest BCUT2D eigenvalue weighted by Crippen LogP contribution is -2.14. The summed E-state index contributed by atoms with van der Waals surface area (Å²) >= 11 is 0. The topological polar surface area (TPSA) is 82.5 Å². The molecule has 0 fully saturated rings. The van der Waals surface area contributed by atoms with E-state index >= 15 is 0 Å². The molecule has 3 rings (SSSR count). The van der Waals surface area contributed by atoms with Crippen molar-refractivity contribution in [2.75, 3.05) is 18.8 Å². The van der Waals surface area contributed by atoms with Gasteiger partial charge in [-0.1, -0.05) is 30.3 Å². The van der Waals surface area contributed by atoms with Crippen LogP contribution in [0.1, 0.15) is 11.3 Å². The zero-order valence-corrected chi connectivity index (χ0v) is 15.5. The van der Waals surface area contributed by atoms with E-state index < -0.39 is 10.0 Å². The number of benzene rings is 2. The highest BCUT2D eigenvalue weighted by Gasteiger charge is 2.16. The molecule has 0 atom stereocenters. The maximum absolute atomic E-state index is 12.7. The first-order valence-corrected chi connectivity index (χ1v) is 9.63. The largest absolute Gasteiger partial charge is 0.392 e. The number of sulfonamides is 1. The first kappa shape index (κ1) is 18.3. The van der Waals surface area contributed by atoms with Crippen molar-refractivity contribution in [3.8, 4) is 0 Å². The number of hydrogen-bond acceptors (Lipinski definition) is 5. The molecule has 0 aliphatic carbocycles. The Bertz CT molecular complexity index is 1020. The van der Waals surface area contributed by atoms with Crippen LogP contribution in [0.25, 0.3) is 10.9 Å². The predicted molar refractivity (Wildman–Crippen MR) is 102 cm³/mol. The number of nitrogens with zero attached hydrogens (tertiary/aromatic N) is 2. The number of anilines is 1. The Hall–Kier alpha value is -2.48. The van der Waals surface area contributed by atoms with Crippen LogP contribution in [0.5, 0.6) is 0 Å². The van der Waals surface area contributed by atoms with Gasteiger partial charge in [0.2, 0.25) is 0 Å². The lowest BCUT2D eigenvalue weighted by molar-refractivity contribution is 0.282. The molecule has 1 aromatic heterocycles. The number of pyridine rings is 1. The Morgan fingerprint density at radius 3 is 2.42 bits per heavy atom. The SMILES string of the molecule is CN(C)Cc1ccc2cccc(NS(=O)(=O)c3ccc(CO)cc3)c2n1. The molecule has 26 heavy (non-hydrogen) atoms. The zero-order chi connectivity index (χ0) is 18.7. The van der Waals surface area contributed by atoms with Crippen molar-refractivity contribution in [3.05, 3.63) is 65.9 Å². The number of hydrogen-bond donors (Lipinski definition) is 2. The van der Waals surface area contributed by atoms with Gasteiger partial charge in [-0.3, -0.25) is 4.72 Å². The average molecular weight is 371 g/mol. The van der Waals surface area contributed by atoms with Gasteiger partial charge in [-0.2, -0.15) is 0 Å². The molecule has 6 nitrogen and oxygen atoms in total. The van der Waals surface area contributed by atoms with Crippen LogP contribution >= 0.6 is 0 Å². The van der Waals surface area contributed by atoms with Crippen molar-refractivity contribution < 1.29 is 13.5 Å². The van der Waals surface area contributed by atoms with Crippen LogP contribution < -0.4 is 4.72 Å². The van der Waals surface area contributed by atoms with Crippen molar-refractivity contribution in [1.82, 2.24) is 9.88 Å². The van der Waals surface area contributed by atoms with Crippen LogP contribution in [0.15, 0.2) is 59.5 Å². The van der Waals surface area contributed by atoms with Crippen LogP contribution in [0.4, 0.5) is 5.69 Å². The van der Waals surface area contributed by atoms with Crippen LogP contribution in [0.3, 0.4) is 0 Å². The molecule has 2 N–H and O–H groups in total. The molecule has 0 aliphatic heterocycles. The Kier molecular flexibility index (Phi) is 5.22. The van der Waals surface area contributed by atoms with Crippen LogP contribution in [0, 0.1) is 0 Å². The Labute approximate surface area is 153 Å². The molecule has 0 radical (unpaired) electrons. The van der Waals surface area contributed by atoms with E-state index in [1.807, 2.05) is 37.2 Å². The molecular weight excluding hydrogens is 350 g/mol. The third-order valence-electron chi connectivity index (χ3n) is 3.92. The number of para-hydroxylation sites is 1.